The first kappa shape index (κ1) is 19.6. The molecular weight excluding hydrogens is 406 g/mol. The Labute approximate surface area is 174 Å². The molecule has 0 bridgehead atoms. The minimum absolute atomic E-state index is 0.115. The summed E-state index contributed by atoms with van der Waals surface area (Å²) in [6, 6.07) is 15.1. The third-order valence-corrected chi connectivity index (χ3v) is 7.68. The van der Waals surface area contributed by atoms with Crippen molar-refractivity contribution < 1.29 is 13.2 Å². The van der Waals surface area contributed by atoms with Crippen molar-refractivity contribution in [3.8, 4) is 0 Å². The van der Waals surface area contributed by atoms with Gasteiger partial charge in [0, 0.05) is 19.7 Å². The molecule has 0 N–H and O–H groups in total. The van der Waals surface area contributed by atoms with Crippen LogP contribution in [-0.2, 0) is 21.4 Å². The van der Waals surface area contributed by atoms with Gasteiger partial charge in [-0.25, -0.2) is 13.4 Å². The maximum absolute atomic E-state index is 12.4. The Morgan fingerprint density at radius 2 is 1.97 bits per heavy atom. The fraction of sp³-hybridized carbons (Fsp3) is 0.238. The number of carbonyl (C=O) groups excluding carboxylic acids is 1. The molecule has 150 valence electrons. The standard InChI is InChI=1S/C21H21N3O3S2/c1-23(15-20-22-18-5-2-3-6-19(18)28-20)21(25)12-9-16-7-10-17(11-8-16)24-13-4-14-29(24,26)27/h2-3,5-12H,4,13-15H2,1H3/b12-9+. The van der Waals surface area contributed by atoms with Crippen LogP contribution < -0.4 is 4.31 Å². The smallest absolute Gasteiger partial charge is 0.246 e. The number of sulfonamides is 1. The molecule has 0 radical (unpaired) electrons. The molecule has 0 spiro atoms. The van der Waals surface area contributed by atoms with Crippen LogP contribution in [0.25, 0.3) is 16.3 Å². The van der Waals surface area contributed by atoms with Gasteiger partial charge in [0.25, 0.3) is 0 Å². The van der Waals surface area contributed by atoms with Gasteiger partial charge in [-0.3, -0.25) is 9.10 Å². The molecule has 1 aliphatic rings. The van der Waals surface area contributed by atoms with E-state index >= 15 is 0 Å². The normalized spacial score (nSPS) is 16.0. The van der Waals surface area contributed by atoms with Crippen LogP contribution in [0.3, 0.4) is 0 Å². The number of hydrogen-bond acceptors (Lipinski definition) is 5. The summed E-state index contributed by atoms with van der Waals surface area (Å²) in [6.07, 6.45) is 3.91. The van der Waals surface area contributed by atoms with E-state index in [4.69, 9.17) is 0 Å². The number of para-hydroxylation sites is 1. The monoisotopic (exact) mass is 427 g/mol. The highest BCUT2D eigenvalue weighted by Crippen LogP contribution is 2.25. The topological polar surface area (TPSA) is 70.6 Å². The molecule has 0 unspecified atom stereocenters. The van der Waals surface area contributed by atoms with Gasteiger partial charge < -0.3 is 4.90 Å². The van der Waals surface area contributed by atoms with E-state index in [2.05, 4.69) is 4.98 Å². The molecule has 2 heterocycles. The van der Waals surface area contributed by atoms with E-state index in [0.29, 0.717) is 25.2 Å². The van der Waals surface area contributed by atoms with Crippen LogP contribution in [0, 0.1) is 0 Å². The highest BCUT2D eigenvalue weighted by atomic mass is 32.2. The van der Waals surface area contributed by atoms with Gasteiger partial charge in [0.15, 0.2) is 0 Å². The molecule has 1 aliphatic heterocycles. The average molecular weight is 428 g/mol. The molecule has 0 saturated carbocycles. The quantitative estimate of drug-likeness (QED) is 0.584. The highest BCUT2D eigenvalue weighted by Gasteiger charge is 2.28. The number of benzene rings is 2. The Morgan fingerprint density at radius 3 is 2.66 bits per heavy atom. The van der Waals surface area contributed by atoms with E-state index in [1.54, 1.807) is 41.5 Å². The molecule has 1 saturated heterocycles. The summed E-state index contributed by atoms with van der Waals surface area (Å²) in [5.74, 6) is 0.0832. The second-order valence-electron chi connectivity index (χ2n) is 6.94. The van der Waals surface area contributed by atoms with Crippen molar-refractivity contribution >= 4 is 49.2 Å². The van der Waals surface area contributed by atoms with Crippen LogP contribution in [0.15, 0.2) is 54.6 Å². The van der Waals surface area contributed by atoms with Crippen molar-refractivity contribution in [3.63, 3.8) is 0 Å². The summed E-state index contributed by atoms with van der Waals surface area (Å²) < 4.78 is 26.6. The van der Waals surface area contributed by atoms with Crippen LogP contribution in [0.4, 0.5) is 5.69 Å². The van der Waals surface area contributed by atoms with Gasteiger partial charge in [0.1, 0.15) is 5.01 Å². The van der Waals surface area contributed by atoms with Crippen molar-refractivity contribution in [1.82, 2.24) is 9.88 Å². The molecular formula is C21H21N3O3S2. The first-order valence-corrected chi connectivity index (χ1v) is 11.7. The van der Waals surface area contributed by atoms with Gasteiger partial charge in [-0.1, -0.05) is 24.3 Å². The summed E-state index contributed by atoms with van der Waals surface area (Å²) in [4.78, 5) is 18.6. The Hall–Kier alpha value is -2.71. The average Bonchev–Trinajstić information content (AvgIpc) is 3.28. The number of hydrogen-bond donors (Lipinski definition) is 0. The van der Waals surface area contributed by atoms with E-state index in [-0.39, 0.29) is 11.7 Å². The summed E-state index contributed by atoms with van der Waals surface area (Å²) in [5.41, 5.74) is 2.45. The number of carbonyl (C=O) groups is 1. The lowest BCUT2D eigenvalue weighted by atomic mass is 10.2. The number of anilines is 1. The first-order valence-electron chi connectivity index (χ1n) is 9.30. The van der Waals surface area contributed by atoms with E-state index < -0.39 is 10.0 Å². The van der Waals surface area contributed by atoms with Gasteiger partial charge in [-0.05, 0) is 42.3 Å². The van der Waals surface area contributed by atoms with Crippen molar-refractivity contribution in [2.24, 2.45) is 0 Å². The van der Waals surface area contributed by atoms with Crippen LogP contribution in [0.2, 0.25) is 0 Å². The minimum Gasteiger partial charge on any atom is -0.335 e. The zero-order valence-electron chi connectivity index (χ0n) is 16.0. The van der Waals surface area contributed by atoms with E-state index in [1.165, 1.54) is 10.4 Å². The lowest BCUT2D eigenvalue weighted by Gasteiger charge is -2.16. The summed E-state index contributed by atoms with van der Waals surface area (Å²) in [6.45, 7) is 0.973. The molecule has 3 aromatic rings. The molecule has 4 rings (SSSR count). The molecule has 0 atom stereocenters. The molecule has 29 heavy (non-hydrogen) atoms. The van der Waals surface area contributed by atoms with E-state index in [9.17, 15) is 13.2 Å². The van der Waals surface area contributed by atoms with Crippen LogP contribution >= 0.6 is 11.3 Å². The van der Waals surface area contributed by atoms with E-state index in [0.717, 1.165) is 20.8 Å². The van der Waals surface area contributed by atoms with Crippen molar-refractivity contribution in [2.75, 3.05) is 23.7 Å². The van der Waals surface area contributed by atoms with Gasteiger partial charge >= 0.3 is 0 Å². The first-order chi connectivity index (χ1) is 13.9. The Bertz CT molecular complexity index is 1130. The Morgan fingerprint density at radius 1 is 1.21 bits per heavy atom. The number of thiazole rings is 1. The van der Waals surface area contributed by atoms with Gasteiger partial charge in [0.2, 0.25) is 15.9 Å². The maximum Gasteiger partial charge on any atom is 0.246 e. The maximum atomic E-state index is 12.4. The predicted octanol–water partition coefficient (Wildman–Crippen LogP) is 3.51. The predicted molar refractivity (Wildman–Crippen MR) is 117 cm³/mol. The molecule has 6 nitrogen and oxygen atoms in total. The molecule has 2 aromatic carbocycles. The molecule has 0 aliphatic carbocycles. The number of amides is 1. The fourth-order valence-corrected chi connectivity index (χ4v) is 5.83. The van der Waals surface area contributed by atoms with E-state index in [1.807, 2.05) is 36.4 Å². The SMILES string of the molecule is CN(Cc1nc2ccccc2s1)C(=O)/C=C/c1ccc(N2CCCS2(=O)=O)cc1. The number of rotatable bonds is 5. The van der Waals surface area contributed by atoms with Gasteiger partial charge in [-0.15, -0.1) is 11.3 Å². The zero-order valence-corrected chi connectivity index (χ0v) is 17.6. The molecule has 1 aromatic heterocycles. The van der Waals surface area contributed by atoms with Crippen LogP contribution in [-0.4, -0.2) is 43.6 Å². The lowest BCUT2D eigenvalue weighted by Crippen LogP contribution is -2.24. The van der Waals surface area contributed by atoms with Crippen LogP contribution in [0.1, 0.15) is 17.0 Å². The summed E-state index contributed by atoms with van der Waals surface area (Å²) >= 11 is 1.59. The van der Waals surface area contributed by atoms with Gasteiger partial charge in [0.05, 0.1) is 28.2 Å². The van der Waals surface area contributed by atoms with Crippen molar-refractivity contribution in [2.45, 2.75) is 13.0 Å². The number of aromatic nitrogens is 1. The fourth-order valence-electron chi connectivity index (χ4n) is 3.24. The zero-order chi connectivity index (χ0) is 20.4. The van der Waals surface area contributed by atoms with Crippen molar-refractivity contribution in [3.05, 3.63) is 65.2 Å². The largest absolute Gasteiger partial charge is 0.335 e. The molecule has 8 heteroatoms. The second kappa shape index (κ2) is 7.96. The minimum atomic E-state index is -3.18. The number of nitrogens with zero attached hydrogens (tertiary/aromatic N) is 3. The Balaban J connectivity index is 1.39. The lowest BCUT2D eigenvalue weighted by molar-refractivity contribution is -0.125. The highest BCUT2D eigenvalue weighted by molar-refractivity contribution is 7.93. The summed E-state index contributed by atoms with van der Waals surface area (Å²) in [5, 5.41) is 0.895. The number of likely N-dealkylation sites (N-methyl/N-ethyl adjacent to an activating group) is 1. The second-order valence-corrected chi connectivity index (χ2v) is 10.1. The van der Waals surface area contributed by atoms with Gasteiger partial charge in [-0.2, -0.15) is 0 Å². The third kappa shape index (κ3) is 4.33. The number of fused-ring (bicyclic) bond motifs is 1. The third-order valence-electron chi connectivity index (χ3n) is 4.79. The molecule has 1 amide bonds. The Kier molecular flexibility index (Phi) is 5.38. The summed E-state index contributed by atoms with van der Waals surface area (Å²) in [7, 11) is -1.43. The van der Waals surface area contributed by atoms with Crippen LogP contribution in [0.5, 0.6) is 0 Å². The van der Waals surface area contributed by atoms with Crippen molar-refractivity contribution in [1.29, 1.82) is 0 Å². The molecule has 1 fully saturated rings.